The van der Waals surface area contributed by atoms with Crippen LogP contribution in [0.3, 0.4) is 0 Å². The third-order valence-electron chi connectivity index (χ3n) is 7.15. The minimum Gasteiger partial charge on any atom is -0.352 e. The van der Waals surface area contributed by atoms with Crippen molar-refractivity contribution in [1.29, 1.82) is 0 Å². The van der Waals surface area contributed by atoms with Gasteiger partial charge in [-0.3, -0.25) is 9.59 Å². The van der Waals surface area contributed by atoms with E-state index in [2.05, 4.69) is 21.2 Å². The van der Waals surface area contributed by atoms with Crippen LogP contribution in [0.15, 0.2) is 76.1 Å². The number of benzene rings is 3. The second-order valence-electron chi connectivity index (χ2n) is 9.94. The quantitative estimate of drug-likeness (QED) is 0.371. The molecule has 202 valence electrons. The number of carbonyl (C=O) groups is 2. The number of likely N-dealkylation sites (N-methyl/N-ethyl adjacent to an activating group) is 1. The van der Waals surface area contributed by atoms with E-state index in [1.807, 2.05) is 48.5 Å². The molecule has 1 saturated carbocycles. The molecule has 0 aliphatic heterocycles. The summed E-state index contributed by atoms with van der Waals surface area (Å²) in [6.07, 6.45) is 5.21. The van der Waals surface area contributed by atoms with Gasteiger partial charge in [-0.2, -0.15) is 4.31 Å². The molecule has 0 saturated heterocycles. The molecule has 9 heteroatoms. The Hall–Kier alpha value is -2.75. The smallest absolute Gasteiger partial charge is 0.243 e. The van der Waals surface area contributed by atoms with Gasteiger partial charge in [0.15, 0.2) is 0 Å². The molecule has 3 aromatic carbocycles. The van der Waals surface area contributed by atoms with E-state index in [0.29, 0.717) is 0 Å². The van der Waals surface area contributed by atoms with Crippen LogP contribution in [-0.2, 0) is 26.2 Å². The summed E-state index contributed by atoms with van der Waals surface area (Å²) in [5.41, 5.74) is 0.838. The Labute approximate surface area is 233 Å². The topological polar surface area (TPSA) is 86.8 Å². The molecule has 0 spiro atoms. The maximum Gasteiger partial charge on any atom is 0.243 e. The number of rotatable bonds is 9. The van der Waals surface area contributed by atoms with Crippen LogP contribution < -0.4 is 5.32 Å². The van der Waals surface area contributed by atoms with E-state index in [1.54, 1.807) is 25.1 Å². The van der Waals surface area contributed by atoms with Crippen LogP contribution in [0.1, 0.15) is 44.6 Å². The van der Waals surface area contributed by atoms with Crippen molar-refractivity contribution < 1.29 is 18.0 Å². The summed E-state index contributed by atoms with van der Waals surface area (Å²) in [6, 6.07) is 19.3. The van der Waals surface area contributed by atoms with Gasteiger partial charge in [0.2, 0.25) is 21.8 Å². The van der Waals surface area contributed by atoms with Gasteiger partial charge in [-0.25, -0.2) is 8.42 Å². The molecule has 1 fully saturated rings. The van der Waals surface area contributed by atoms with Crippen LogP contribution >= 0.6 is 15.9 Å². The summed E-state index contributed by atoms with van der Waals surface area (Å²) in [5.74, 6) is -0.663. The highest BCUT2D eigenvalue weighted by atomic mass is 79.9. The zero-order valence-corrected chi connectivity index (χ0v) is 24.2. The monoisotopic (exact) mass is 599 g/mol. The maximum atomic E-state index is 13.6. The normalized spacial score (nSPS) is 15.4. The van der Waals surface area contributed by atoms with Crippen molar-refractivity contribution >= 4 is 48.5 Å². The first-order valence-corrected chi connectivity index (χ1v) is 15.2. The Balaban J connectivity index is 1.54. The van der Waals surface area contributed by atoms with Crippen molar-refractivity contribution in [1.82, 2.24) is 14.5 Å². The molecule has 3 aromatic rings. The van der Waals surface area contributed by atoms with Gasteiger partial charge in [0, 0.05) is 24.1 Å². The van der Waals surface area contributed by atoms with Crippen LogP contribution in [0.2, 0.25) is 0 Å². The minimum atomic E-state index is -3.93. The number of hydrogen-bond donors (Lipinski definition) is 1. The summed E-state index contributed by atoms with van der Waals surface area (Å²) in [7, 11) is -2.53. The lowest BCUT2D eigenvalue weighted by Crippen LogP contribution is -2.52. The largest absolute Gasteiger partial charge is 0.352 e. The predicted molar refractivity (Wildman–Crippen MR) is 153 cm³/mol. The molecule has 0 heterocycles. The molecule has 1 aliphatic rings. The molecule has 2 amide bonds. The summed E-state index contributed by atoms with van der Waals surface area (Å²) in [5, 5.41) is 4.84. The van der Waals surface area contributed by atoms with E-state index in [1.165, 1.54) is 18.4 Å². The van der Waals surface area contributed by atoms with Gasteiger partial charge in [-0.05, 0) is 60.4 Å². The average Bonchev–Trinajstić information content (AvgIpc) is 2.91. The molecule has 1 N–H and O–H groups in total. The van der Waals surface area contributed by atoms with Gasteiger partial charge in [-0.1, -0.05) is 77.7 Å². The number of hydrogen-bond acceptors (Lipinski definition) is 4. The molecule has 0 radical (unpaired) electrons. The first-order chi connectivity index (χ1) is 18.1. The van der Waals surface area contributed by atoms with Crippen molar-refractivity contribution in [2.75, 3.05) is 13.6 Å². The highest BCUT2D eigenvalue weighted by molar-refractivity contribution is 9.10. The molecular formula is C29H34BrN3O4S. The molecule has 0 unspecified atom stereocenters. The molecule has 38 heavy (non-hydrogen) atoms. The van der Waals surface area contributed by atoms with Crippen molar-refractivity contribution in [2.24, 2.45) is 0 Å². The predicted octanol–water partition coefficient (Wildman–Crippen LogP) is 5.09. The van der Waals surface area contributed by atoms with E-state index in [-0.39, 0.29) is 29.9 Å². The first-order valence-electron chi connectivity index (χ1n) is 12.9. The highest BCUT2D eigenvalue weighted by Crippen LogP contribution is 2.23. The zero-order valence-electron chi connectivity index (χ0n) is 21.8. The number of amides is 2. The fraction of sp³-hybridized carbons (Fsp3) is 0.379. The Kier molecular flexibility index (Phi) is 9.23. The molecule has 4 rings (SSSR count). The van der Waals surface area contributed by atoms with Crippen LogP contribution in [0.5, 0.6) is 0 Å². The average molecular weight is 601 g/mol. The van der Waals surface area contributed by atoms with Gasteiger partial charge in [-0.15, -0.1) is 0 Å². The van der Waals surface area contributed by atoms with E-state index >= 15 is 0 Å². The summed E-state index contributed by atoms with van der Waals surface area (Å²) < 4.78 is 28.7. The summed E-state index contributed by atoms with van der Waals surface area (Å²) in [6.45, 7) is 1.50. The number of halogens is 1. The number of fused-ring (bicyclic) bond motifs is 1. The molecular weight excluding hydrogens is 566 g/mol. The lowest BCUT2D eigenvalue weighted by molar-refractivity contribution is -0.141. The van der Waals surface area contributed by atoms with E-state index in [9.17, 15) is 18.0 Å². The first kappa shape index (κ1) is 28.3. The fourth-order valence-corrected chi connectivity index (χ4v) is 6.46. The SMILES string of the molecule is C[C@@H](C(=O)NC1CCCCC1)N(Cc1cccc(Br)c1)C(=O)CN(C)S(=O)(=O)c1ccc2ccccc2c1. The molecule has 7 nitrogen and oxygen atoms in total. The van der Waals surface area contributed by atoms with Gasteiger partial charge in [0.05, 0.1) is 11.4 Å². The lowest BCUT2D eigenvalue weighted by Gasteiger charge is -2.32. The van der Waals surface area contributed by atoms with Gasteiger partial charge >= 0.3 is 0 Å². The number of carbonyl (C=O) groups excluding carboxylic acids is 2. The Morgan fingerprint density at radius 3 is 2.39 bits per heavy atom. The van der Waals surface area contributed by atoms with E-state index in [4.69, 9.17) is 0 Å². The van der Waals surface area contributed by atoms with Crippen LogP contribution in [-0.4, -0.2) is 55.1 Å². The van der Waals surface area contributed by atoms with Crippen molar-refractivity contribution in [2.45, 2.75) is 62.6 Å². The molecule has 1 atom stereocenters. The second kappa shape index (κ2) is 12.4. The second-order valence-corrected chi connectivity index (χ2v) is 12.9. The lowest BCUT2D eigenvalue weighted by atomic mass is 9.95. The zero-order chi connectivity index (χ0) is 27.3. The van der Waals surface area contributed by atoms with Crippen LogP contribution in [0.25, 0.3) is 10.8 Å². The van der Waals surface area contributed by atoms with Crippen LogP contribution in [0, 0.1) is 0 Å². The van der Waals surface area contributed by atoms with E-state index < -0.39 is 22.0 Å². The number of nitrogens with zero attached hydrogens (tertiary/aromatic N) is 2. The van der Waals surface area contributed by atoms with Gasteiger partial charge in [0.1, 0.15) is 6.04 Å². The molecule has 0 aromatic heterocycles. The van der Waals surface area contributed by atoms with Crippen molar-refractivity contribution in [3.05, 3.63) is 76.8 Å². The summed E-state index contributed by atoms with van der Waals surface area (Å²) >= 11 is 3.46. The standard InChI is InChI=1S/C29H34BrN3O4S/c1-21(29(35)31-26-13-4-3-5-14-26)33(19-22-9-8-12-25(30)17-22)28(34)20-32(2)38(36,37)27-16-15-23-10-6-7-11-24(23)18-27/h6-12,15-18,21,26H,3-5,13-14,19-20H2,1-2H3,(H,31,35)/t21-/m0/s1. The highest BCUT2D eigenvalue weighted by Gasteiger charge is 2.31. The summed E-state index contributed by atoms with van der Waals surface area (Å²) in [4.78, 5) is 28.4. The van der Waals surface area contributed by atoms with Gasteiger partial charge < -0.3 is 10.2 Å². The van der Waals surface area contributed by atoms with Crippen LogP contribution in [0.4, 0.5) is 0 Å². The van der Waals surface area contributed by atoms with Gasteiger partial charge in [0.25, 0.3) is 0 Å². The fourth-order valence-electron chi connectivity index (χ4n) is 4.86. The Morgan fingerprint density at radius 2 is 1.68 bits per heavy atom. The van der Waals surface area contributed by atoms with E-state index in [0.717, 1.165) is 50.8 Å². The minimum absolute atomic E-state index is 0.109. The number of sulfonamides is 1. The number of nitrogens with one attached hydrogen (secondary N) is 1. The maximum absolute atomic E-state index is 13.6. The Morgan fingerprint density at radius 1 is 0.974 bits per heavy atom. The molecule has 1 aliphatic carbocycles. The van der Waals surface area contributed by atoms with Crippen molar-refractivity contribution in [3.63, 3.8) is 0 Å². The third-order valence-corrected chi connectivity index (χ3v) is 9.44. The molecule has 0 bridgehead atoms. The Bertz CT molecular complexity index is 1410. The third kappa shape index (κ3) is 6.81. The van der Waals surface area contributed by atoms with Crippen molar-refractivity contribution in [3.8, 4) is 0 Å².